The third-order valence-corrected chi connectivity index (χ3v) is 5.69. The van der Waals surface area contributed by atoms with E-state index in [2.05, 4.69) is 15.9 Å². The molecule has 1 saturated heterocycles. The molecule has 3 rings (SSSR count). The van der Waals surface area contributed by atoms with E-state index >= 15 is 0 Å². The predicted molar refractivity (Wildman–Crippen MR) is 109 cm³/mol. The van der Waals surface area contributed by atoms with E-state index in [1.54, 1.807) is 19.1 Å². The van der Waals surface area contributed by atoms with Crippen molar-refractivity contribution in [3.05, 3.63) is 51.5 Å². The third-order valence-electron chi connectivity index (χ3n) is 3.78. The standard InChI is InChI=1S/C18H14BrNO4S2/c1-10(17(22)23)9-20-16(21)15(26-18(20)25)8-13-6-7-14(24-13)11-2-4-12(19)5-3-11/h2-8,10H,9H2,1H3,(H,22,23). The van der Waals surface area contributed by atoms with E-state index in [1.807, 2.05) is 30.3 Å². The van der Waals surface area contributed by atoms with Gasteiger partial charge in [0.2, 0.25) is 0 Å². The van der Waals surface area contributed by atoms with Gasteiger partial charge in [-0.3, -0.25) is 14.5 Å². The number of nitrogens with zero attached hydrogens (tertiary/aromatic N) is 1. The molecule has 1 unspecified atom stereocenters. The number of halogens is 1. The zero-order valence-corrected chi connectivity index (χ0v) is 16.9. The van der Waals surface area contributed by atoms with Crippen molar-refractivity contribution in [1.82, 2.24) is 4.90 Å². The lowest BCUT2D eigenvalue weighted by molar-refractivity contribution is -0.141. The number of carboxylic acids is 1. The van der Waals surface area contributed by atoms with Crippen LogP contribution in [0.1, 0.15) is 12.7 Å². The first-order valence-corrected chi connectivity index (χ1v) is 9.71. The summed E-state index contributed by atoms with van der Waals surface area (Å²) in [5.74, 6) is -0.721. The lowest BCUT2D eigenvalue weighted by Crippen LogP contribution is -2.34. The molecule has 1 aliphatic heterocycles. The Morgan fingerprint density at radius 3 is 2.69 bits per heavy atom. The Labute approximate surface area is 168 Å². The van der Waals surface area contributed by atoms with Crippen molar-refractivity contribution in [3.8, 4) is 11.3 Å². The van der Waals surface area contributed by atoms with Gasteiger partial charge >= 0.3 is 5.97 Å². The zero-order valence-electron chi connectivity index (χ0n) is 13.6. The van der Waals surface area contributed by atoms with E-state index in [0.717, 1.165) is 21.8 Å². The maximum Gasteiger partial charge on any atom is 0.308 e. The molecular weight excluding hydrogens is 438 g/mol. The molecule has 26 heavy (non-hydrogen) atoms. The molecule has 1 atom stereocenters. The second kappa shape index (κ2) is 7.77. The molecule has 0 bridgehead atoms. The average Bonchev–Trinajstić information content (AvgIpc) is 3.16. The van der Waals surface area contributed by atoms with Gasteiger partial charge in [0, 0.05) is 22.7 Å². The van der Waals surface area contributed by atoms with E-state index < -0.39 is 11.9 Å². The van der Waals surface area contributed by atoms with E-state index in [-0.39, 0.29) is 12.5 Å². The summed E-state index contributed by atoms with van der Waals surface area (Å²) in [7, 11) is 0. The molecule has 1 fully saturated rings. The average molecular weight is 452 g/mol. The van der Waals surface area contributed by atoms with Crippen LogP contribution in [0.25, 0.3) is 17.4 Å². The summed E-state index contributed by atoms with van der Waals surface area (Å²) in [6.45, 7) is 1.60. The number of thiocarbonyl (C=S) groups is 1. The number of amides is 1. The number of furan rings is 1. The number of carbonyl (C=O) groups excluding carboxylic acids is 1. The normalized spacial score (nSPS) is 17.2. The molecule has 0 aliphatic carbocycles. The van der Waals surface area contributed by atoms with Crippen LogP contribution in [0.4, 0.5) is 0 Å². The topological polar surface area (TPSA) is 70.8 Å². The summed E-state index contributed by atoms with van der Waals surface area (Å²) in [6.07, 6.45) is 1.63. The Morgan fingerprint density at radius 2 is 2.04 bits per heavy atom. The third kappa shape index (κ3) is 4.08. The first kappa shape index (κ1) is 18.9. The van der Waals surface area contributed by atoms with Gasteiger partial charge in [-0.15, -0.1) is 0 Å². The Hall–Kier alpha value is -1.90. The van der Waals surface area contributed by atoms with Crippen LogP contribution in [-0.4, -0.2) is 32.7 Å². The molecule has 134 valence electrons. The van der Waals surface area contributed by atoms with Gasteiger partial charge in [0.1, 0.15) is 15.8 Å². The Bertz CT molecular complexity index is 904. The number of carbonyl (C=O) groups is 2. The van der Waals surface area contributed by atoms with Gasteiger partial charge < -0.3 is 9.52 Å². The molecule has 1 aromatic carbocycles. The maximum absolute atomic E-state index is 12.5. The van der Waals surface area contributed by atoms with Gasteiger partial charge in [-0.05, 0) is 24.3 Å². The van der Waals surface area contributed by atoms with Crippen molar-refractivity contribution < 1.29 is 19.1 Å². The van der Waals surface area contributed by atoms with Crippen LogP contribution >= 0.6 is 39.9 Å². The van der Waals surface area contributed by atoms with Crippen LogP contribution in [0, 0.1) is 5.92 Å². The summed E-state index contributed by atoms with van der Waals surface area (Å²) < 4.78 is 7.13. The highest BCUT2D eigenvalue weighted by atomic mass is 79.9. The molecule has 1 N–H and O–H groups in total. The van der Waals surface area contributed by atoms with Crippen LogP contribution in [0.3, 0.4) is 0 Å². The molecule has 2 heterocycles. The highest BCUT2D eigenvalue weighted by molar-refractivity contribution is 9.10. The van der Waals surface area contributed by atoms with Gasteiger partial charge in [-0.2, -0.15) is 0 Å². The number of rotatable bonds is 5. The van der Waals surface area contributed by atoms with E-state index in [9.17, 15) is 9.59 Å². The van der Waals surface area contributed by atoms with Crippen molar-refractivity contribution in [1.29, 1.82) is 0 Å². The summed E-state index contributed by atoms with van der Waals surface area (Å²) in [4.78, 5) is 25.3. The SMILES string of the molecule is CC(CN1C(=O)C(=Cc2ccc(-c3ccc(Br)cc3)o2)SC1=S)C(=O)O. The van der Waals surface area contributed by atoms with Gasteiger partial charge in [-0.1, -0.05) is 59.0 Å². The van der Waals surface area contributed by atoms with Crippen LogP contribution in [-0.2, 0) is 9.59 Å². The van der Waals surface area contributed by atoms with Gasteiger partial charge in [0.25, 0.3) is 5.91 Å². The summed E-state index contributed by atoms with van der Waals surface area (Å²) in [6, 6.07) is 11.3. The fraction of sp³-hybridized carbons (Fsp3) is 0.167. The summed E-state index contributed by atoms with van der Waals surface area (Å²) >= 11 is 9.75. The highest BCUT2D eigenvalue weighted by Gasteiger charge is 2.34. The van der Waals surface area contributed by atoms with Crippen LogP contribution < -0.4 is 0 Å². The Morgan fingerprint density at radius 1 is 1.35 bits per heavy atom. The van der Waals surface area contributed by atoms with Crippen molar-refractivity contribution in [2.45, 2.75) is 6.92 Å². The lowest BCUT2D eigenvalue weighted by Gasteiger charge is -2.16. The Kier molecular flexibility index (Phi) is 5.64. The van der Waals surface area contributed by atoms with Gasteiger partial charge in [-0.25, -0.2) is 0 Å². The summed E-state index contributed by atoms with van der Waals surface area (Å²) in [5.41, 5.74) is 0.927. The molecule has 0 saturated carbocycles. The highest BCUT2D eigenvalue weighted by Crippen LogP contribution is 2.34. The van der Waals surface area contributed by atoms with E-state index in [0.29, 0.717) is 20.7 Å². The van der Waals surface area contributed by atoms with E-state index in [4.69, 9.17) is 21.7 Å². The summed E-state index contributed by atoms with van der Waals surface area (Å²) in [5, 5.41) is 9.02. The van der Waals surface area contributed by atoms with Crippen LogP contribution in [0.5, 0.6) is 0 Å². The number of hydrogen-bond acceptors (Lipinski definition) is 5. The molecule has 5 nitrogen and oxygen atoms in total. The predicted octanol–water partition coefficient (Wildman–Crippen LogP) is 4.63. The fourth-order valence-electron chi connectivity index (χ4n) is 2.34. The second-order valence-electron chi connectivity index (χ2n) is 5.74. The van der Waals surface area contributed by atoms with Gasteiger partial charge in [0.15, 0.2) is 0 Å². The first-order chi connectivity index (χ1) is 12.3. The molecule has 2 aromatic rings. The number of carboxylic acid groups (broad SMARTS) is 1. The van der Waals surface area contributed by atoms with Crippen molar-refractivity contribution in [2.24, 2.45) is 5.92 Å². The number of thioether (sulfide) groups is 1. The second-order valence-corrected chi connectivity index (χ2v) is 8.33. The van der Waals surface area contributed by atoms with Crippen LogP contribution in [0.2, 0.25) is 0 Å². The first-order valence-electron chi connectivity index (χ1n) is 7.69. The Balaban J connectivity index is 1.78. The smallest absolute Gasteiger partial charge is 0.308 e. The minimum Gasteiger partial charge on any atom is -0.481 e. The van der Waals surface area contributed by atoms with Gasteiger partial charge in [0.05, 0.1) is 10.8 Å². The molecular formula is C18H14BrNO4S2. The lowest BCUT2D eigenvalue weighted by atomic mass is 10.2. The number of benzene rings is 1. The van der Waals surface area contributed by atoms with Crippen molar-refractivity contribution in [3.63, 3.8) is 0 Å². The largest absolute Gasteiger partial charge is 0.481 e. The molecule has 1 amide bonds. The molecule has 1 aromatic heterocycles. The minimum absolute atomic E-state index is 0.0552. The fourth-order valence-corrected chi connectivity index (χ4v) is 3.86. The molecule has 0 radical (unpaired) electrons. The monoisotopic (exact) mass is 451 g/mol. The quantitative estimate of drug-likeness (QED) is 0.527. The number of hydrogen-bond donors (Lipinski definition) is 1. The van der Waals surface area contributed by atoms with Crippen molar-refractivity contribution in [2.75, 3.05) is 6.54 Å². The minimum atomic E-state index is -0.965. The van der Waals surface area contributed by atoms with Crippen LogP contribution in [0.15, 0.2) is 50.2 Å². The van der Waals surface area contributed by atoms with Crippen molar-refractivity contribution >= 4 is 62.2 Å². The number of aliphatic carboxylic acids is 1. The molecule has 1 aliphatic rings. The zero-order chi connectivity index (χ0) is 18.8. The maximum atomic E-state index is 12.5. The molecule has 0 spiro atoms. The molecule has 8 heteroatoms. The van der Waals surface area contributed by atoms with E-state index in [1.165, 1.54) is 4.90 Å².